The van der Waals surface area contributed by atoms with E-state index in [4.69, 9.17) is 17.0 Å². The molecule has 0 radical (unpaired) electrons. The van der Waals surface area contributed by atoms with Gasteiger partial charge in [-0.25, -0.2) is 0 Å². The molecule has 3 nitrogen and oxygen atoms in total. The molecular formula is C18H22N2OS. The molecule has 2 N–H and O–H groups in total. The maximum Gasteiger partial charge on any atom is 0.171 e. The fourth-order valence-electron chi connectivity index (χ4n) is 2.12. The van der Waals surface area contributed by atoms with Gasteiger partial charge in [0.1, 0.15) is 12.4 Å². The van der Waals surface area contributed by atoms with Crippen LogP contribution in [0.15, 0.2) is 48.5 Å². The van der Waals surface area contributed by atoms with Crippen LogP contribution in [0.2, 0.25) is 0 Å². The first-order valence-electron chi connectivity index (χ1n) is 7.37. The third-order valence-corrected chi connectivity index (χ3v) is 3.47. The van der Waals surface area contributed by atoms with Gasteiger partial charge < -0.3 is 15.4 Å². The van der Waals surface area contributed by atoms with Gasteiger partial charge in [0.25, 0.3) is 0 Å². The lowest BCUT2D eigenvalue weighted by atomic mass is 10.1. The summed E-state index contributed by atoms with van der Waals surface area (Å²) in [4.78, 5) is 0. The van der Waals surface area contributed by atoms with Crippen molar-refractivity contribution in [1.29, 1.82) is 0 Å². The van der Waals surface area contributed by atoms with Gasteiger partial charge >= 0.3 is 0 Å². The standard InChI is InChI=1S/C18H22N2OS/c1-13-9-10-17(14(2)11-13)20-18(22)19-15(3)12-21-16-7-5-4-6-8-16/h4-11,15H,12H2,1-3H3,(H2,19,20,22)/t15-/m0/s1. The van der Waals surface area contributed by atoms with Gasteiger partial charge in [-0.05, 0) is 56.8 Å². The quantitative estimate of drug-likeness (QED) is 0.816. The molecule has 0 spiro atoms. The van der Waals surface area contributed by atoms with E-state index in [9.17, 15) is 0 Å². The first-order valence-corrected chi connectivity index (χ1v) is 7.78. The number of nitrogens with one attached hydrogen (secondary N) is 2. The number of thiocarbonyl (C=S) groups is 1. The number of para-hydroxylation sites is 1. The number of ether oxygens (including phenoxy) is 1. The summed E-state index contributed by atoms with van der Waals surface area (Å²) in [5.74, 6) is 0.865. The summed E-state index contributed by atoms with van der Waals surface area (Å²) in [5.41, 5.74) is 3.45. The Hall–Kier alpha value is -2.07. The summed E-state index contributed by atoms with van der Waals surface area (Å²) in [5, 5.41) is 7.07. The molecule has 116 valence electrons. The predicted octanol–water partition coefficient (Wildman–Crippen LogP) is 4.06. The lowest BCUT2D eigenvalue weighted by Gasteiger charge is -2.18. The average Bonchev–Trinajstić information content (AvgIpc) is 2.49. The van der Waals surface area contributed by atoms with Crippen molar-refractivity contribution in [3.8, 4) is 5.75 Å². The van der Waals surface area contributed by atoms with Gasteiger partial charge in [-0.15, -0.1) is 0 Å². The summed E-state index contributed by atoms with van der Waals surface area (Å²) in [7, 11) is 0. The molecule has 22 heavy (non-hydrogen) atoms. The third kappa shape index (κ3) is 5.04. The third-order valence-electron chi connectivity index (χ3n) is 3.25. The smallest absolute Gasteiger partial charge is 0.171 e. The Morgan fingerprint density at radius 1 is 1.14 bits per heavy atom. The lowest BCUT2D eigenvalue weighted by Crippen LogP contribution is -2.39. The van der Waals surface area contributed by atoms with Gasteiger partial charge in [0.15, 0.2) is 5.11 Å². The fourth-order valence-corrected chi connectivity index (χ4v) is 2.43. The highest BCUT2D eigenvalue weighted by atomic mass is 32.1. The highest BCUT2D eigenvalue weighted by Crippen LogP contribution is 2.15. The molecule has 0 fully saturated rings. The molecule has 0 aliphatic rings. The molecule has 0 unspecified atom stereocenters. The van der Waals surface area contributed by atoms with E-state index in [1.165, 1.54) is 11.1 Å². The molecule has 2 aromatic carbocycles. The minimum Gasteiger partial charge on any atom is -0.491 e. The van der Waals surface area contributed by atoms with Crippen LogP contribution >= 0.6 is 12.2 Å². The Balaban J connectivity index is 1.81. The molecule has 0 aliphatic heterocycles. The molecule has 0 aromatic heterocycles. The first-order chi connectivity index (χ1) is 10.5. The fraction of sp³-hybridized carbons (Fsp3) is 0.278. The topological polar surface area (TPSA) is 33.3 Å². The van der Waals surface area contributed by atoms with Gasteiger partial charge in [0, 0.05) is 5.69 Å². The monoisotopic (exact) mass is 314 g/mol. The zero-order chi connectivity index (χ0) is 15.9. The van der Waals surface area contributed by atoms with E-state index < -0.39 is 0 Å². The molecule has 0 aliphatic carbocycles. The molecule has 0 amide bonds. The molecule has 0 heterocycles. The van der Waals surface area contributed by atoms with Gasteiger partial charge in [0.2, 0.25) is 0 Å². The summed E-state index contributed by atoms with van der Waals surface area (Å²) >= 11 is 5.36. The predicted molar refractivity (Wildman–Crippen MR) is 96.7 cm³/mol. The maximum absolute atomic E-state index is 5.71. The molecule has 0 saturated heterocycles. The van der Waals surface area contributed by atoms with Crippen molar-refractivity contribution in [3.63, 3.8) is 0 Å². The van der Waals surface area contributed by atoms with E-state index in [1.807, 2.05) is 43.3 Å². The van der Waals surface area contributed by atoms with Gasteiger partial charge in [-0.2, -0.15) is 0 Å². The summed E-state index contributed by atoms with van der Waals surface area (Å²) < 4.78 is 5.71. The number of hydrogen-bond acceptors (Lipinski definition) is 2. The van der Waals surface area contributed by atoms with Crippen molar-refractivity contribution in [2.75, 3.05) is 11.9 Å². The summed E-state index contributed by atoms with van der Waals surface area (Å²) in [6.07, 6.45) is 0. The van der Waals surface area contributed by atoms with Crippen LogP contribution < -0.4 is 15.4 Å². The summed E-state index contributed by atoms with van der Waals surface area (Å²) in [6.45, 7) is 6.74. The zero-order valence-corrected chi connectivity index (χ0v) is 14.0. The Morgan fingerprint density at radius 3 is 2.55 bits per heavy atom. The van der Waals surface area contributed by atoms with Gasteiger partial charge in [0.05, 0.1) is 6.04 Å². The van der Waals surface area contributed by atoms with E-state index in [1.54, 1.807) is 0 Å². The second kappa shape index (κ2) is 7.80. The SMILES string of the molecule is Cc1ccc(NC(=S)N[C@@H](C)COc2ccccc2)c(C)c1. The van der Waals surface area contributed by atoms with Crippen LogP contribution in [-0.2, 0) is 0 Å². The highest BCUT2D eigenvalue weighted by Gasteiger charge is 2.06. The summed E-state index contributed by atoms with van der Waals surface area (Å²) in [6, 6.07) is 16.1. The molecule has 1 atom stereocenters. The largest absolute Gasteiger partial charge is 0.491 e. The molecule has 0 bridgehead atoms. The second-order valence-corrected chi connectivity index (χ2v) is 5.85. The minimum atomic E-state index is 0.117. The van der Waals surface area contributed by atoms with Crippen molar-refractivity contribution in [3.05, 3.63) is 59.7 Å². The molecule has 2 rings (SSSR count). The molecule has 4 heteroatoms. The number of hydrogen-bond donors (Lipinski definition) is 2. The van der Waals surface area contributed by atoms with Crippen LogP contribution in [-0.4, -0.2) is 17.8 Å². The van der Waals surface area contributed by atoms with Crippen LogP contribution in [0.25, 0.3) is 0 Å². The van der Waals surface area contributed by atoms with Crippen LogP contribution in [0, 0.1) is 13.8 Å². The van der Waals surface area contributed by atoms with Crippen LogP contribution in [0.1, 0.15) is 18.1 Å². The van der Waals surface area contributed by atoms with E-state index >= 15 is 0 Å². The van der Waals surface area contributed by atoms with E-state index in [2.05, 4.69) is 36.6 Å². The normalized spacial score (nSPS) is 11.6. The van der Waals surface area contributed by atoms with Crippen molar-refractivity contribution < 1.29 is 4.74 Å². The number of aryl methyl sites for hydroxylation is 2. The van der Waals surface area contributed by atoms with Crippen molar-refractivity contribution in [1.82, 2.24) is 5.32 Å². The average molecular weight is 314 g/mol. The number of anilines is 1. The van der Waals surface area contributed by atoms with Crippen molar-refractivity contribution in [2.45, 2.75) is 26.8 Å². The molecule has 0 saturated carbocycles. The molecule has 2 aromatic rings. The van der Waals surface area contributed by atoms with Gasteiger partial charge in [-0.3, -0.25) is 0 Å². The zero-order valence-electron chi connectivity index (χ0n) is 13.2. The van der Waals surface area contributed by atoms with Crippen LogP contribution in [0.5, 0.6) is 5.75 Å². The van der Waals surface area contributed by atoms with Crippen molar-refractivity contribution >= 4 is 23.0 Å². The number of benzene rings is 2. The van der Waals surface area contributed by atoms with Crippen molar-refractivity contribution in [2.24, 2.45) is 0 Å². The minimum absolute atomic E-state index is 0.117. The second-order valence-electron chi connectivity index (χ2n) is 5.44. The Labute approximate surface area is 137 Å². The Kier molecular flexibility index (Phi) is 5.78. The van der Waals surface area contributed by atoms with E-state index in [-0.39, 0.29) is 6.04 Å². The molecular weight excluding hydrogens is 292 g/mol. The van der Waals surface area contributed by atoms with Crippen LogP contribution in [0.4, 0.5) is 5.69 Å². The maximum atomic E-state index is 5.71. The first kappa shape index (κ1) is 16.3. The van der Waals surface area contributed by atoms with E-state index in [0.29, 0.717) is 11.7 Å². The van der Waals surface area contributed by atoms with E-state index in [0.717, 1.165) is 11.4 Å². The highest BCUT2D eigenvalue weighted by molar-refractivity contribution is 7.80. The lowest BCUT2D eigenvalue weighted by molar-refractivity contribution is 0.287. The van der Waals surface area contributed by atoms with Crippen LogP contribution in [0.3, 0.4) is 0 Å². The Bertz CT molecular complexity index is 628. The van der Waals surface area contributed by atoms with Gasteiger partial charge in [-0.1, -0.05) is 35.9 Å². The number of rotatable bonds is 5. The Morgan fingerprint density at radius 2 is 1.86 bits per heavy atom.